The summed E-state index contributed by atoms with van der Waals surface area (Å²) in [6.45, 7) is 0. The molecule has 0 aliphatic carbocycles. The van der Waals surface area contributed by atoms with Crippen LogP contribution in [0.1, 0.15) is 1.43 Å². The SMILES string of the molecule is O=S(=O)(O)C(F)C(F)(F)F.[H-].[Li+]. The molecule has 0 amide bonds. The summed E-state index contributed by atoms with van der Waals surface area (Å²) in [5.41, 5.74) is -4.21. The fourth-order valence-corrected chi connectivity index (χ4v) is 0.507. The van der Waals surface area contributed by atoms with Gasteiger partial charge in [-0.1, -0.05) is 0 Å². The Bertz CT molecular complexity index is 213. The summed E-state index contributed by atoms with van der Waals surface area (Å²) in [4.78, 5) is 0. The van der Waals surface area contributed by atoms with Crippen molar-refractivity contribution in [2.75, 3.05) is 0 Å². The van der Waals surface area contributed by atoms with Gasteiger partial charge in [0.15, 0.2) is 0 Å². The quantitative estimate of drug-likeness (QED) is 0.291. The van der Waals surface area contributed by atoms with Gasteiger partial charge in [-0.25, -0.2) is 4.39 Å². The van der Waals surface area contributed by atoms with Crippen LogP contribution in [-0.2, 0) is 10.1 Å². The number of hydrogen-bond donors (Lipinski definition) is 1. The molecule has 3 nitrogen and oxygen atoms in total. The third kappa shape index (κ3) is 4.63. The third-order valence-electron chi connectivity index (χ3n) is 0.519. The number of halogens is 4. The monoisotopic (exact) mass is 190 g/mol. The van der Waals surface area contributed by atoms with Crippen molar-refractivity contribution >= 4 is 10.1 Å². The molecule has 0 rings (SSSR count). The Kier molecular flexibility index (Phi) is 4.71. The van der Waals surface area contributed by atoms with Crippen molar-refractivity contribution in [3.63, 3.8) is 0 Å². The Morgan fingerprint density at radius 1 is 1.36 bits per heavy atom. The van der Waals surface area contributed by atoms with Gasteiger partial charge in [0.25, 0.3) is 0 Å². The number of rotatable bonds is 1. The Labute approximate surface area is 73.2 Å². The van der Waals surface area contributed by atoms with Gasteiger partial charge < -0.3 is 1.43 Å². The van der Waals surface area contributed by atoms with Crippen LogP contribution < -0.4 is 18.9 Å². The molecule has 0 fully saturated rings. The first-order valence-electron chi connectivity index (χ1n) is 1.83. The average Bonchev–Trinajstić information content (AvgIpc) is 1.59. The summed E-state index contributed by atoms with van der Waals surface area (Å²) in [5.74, 6) is 0. The molecule has 1 atom stereocenters. The molecular formula is C2H3F4LiO3S. The fraction of sp³-hybridized carbons (Fsp3) is 1.00. The van der Waals surface area contributed by atoms with Crippen molar-refractivity contribution in [1.29, 1.82) is 0 Å². The van der Waals surface area contributed by atoms with Crippen molar-refractivity contribution in [3.05, 3.63) is 0 Å². The molecule has 0 aliphatic rings. The molecule has 9 heteroatoms. The summed E-state index contributed by atoms with van der Waals surface area (Å²) in [6, 6.07) is 0. The second-order valence-electron chi connectivity index (χ2n) is 1.37. The zero-order valence-electron chi connectivity index (χ0n) is 6.26. The van der Waals surface area contributed by atoms with Gasteiger partial charge in [-0.2, -0.15) is 21.6 Å². The molecule has 0 saturated heterocycles. The molecule has 64 valence electrons. The van der Waals surface area contributed by atoms with Crippen LogP contribution in [0.25, 0.3) is 0 Å². The van der Waals surface area contributed by atoms with E-state index in [1.54, 1.807) is 0 Å². The zero-order valence-corrected chi connectivity index (χ0v) is 6.08. The smallest absolute Gasteiger partial charge is 1.00 e. The fourth-order valence-electron chi connectivity index (χ4n) is 0.169. The Morgan fingerprint density at radius 2 is 1.64 bits per heavy atom. The van der Waals surface area contributed by atoms with Crippen molar-refractivity contribution in [2.45, 2.75) is 11.7 Å². The third-order valence-corrected chi connectivity index (χ3v) is 1.31. The standard InChI is InChI=1S/C2H2F4O3S.Li.H/c3-1(2(4,5)6)10(7,8)9;;/h1H,(H,7,8,9);;/q;+1;-1. The summed E-state index contributed by atoms with van der Waals surface area (Å²) in [7, 11) is -5.65. The van der Waals surface area contributed by atoms with Gasteiger partial charge >= 0.3 is 40.7 Å². The molecule has 0 heterocycles. The van der Waals surface area contributed by atoms with E-state index >= 15 is 0 Å². The molecule has 1 N–H and O–H groups in total. The first-order chi connectivity index (χ1) is 4.15. The second kappa shape index (κ2) is 3.76. The summed E-state index contributed by atoms with van der Waals surface area (Å²) in [6.07, 6.45) is -5.56. The van der Waals surface area contributed by atoms with Crippen molar-refractivity contribution in [1.82, 2.24) is 0 Å². The molecule has 11 heavy (non-hydrogen) atoms. The van der Waals surface area contributed by atoms with E-state index in [0.29, 0.717) is 0 Å². The molecule has 0 bridgehead atoms. The van der Waals surface area contributed by atoms with Crippen LogP contribution in [-0.4, -0.2) is 24.7 Å². The minimum absolute atomic E-state index is 0. The van der Waals surface area contributed by atoms with Crippen molar-refractivity contribution in [3.8, 4) is 0 Å². The van der Waals surface area contributed by atoms with Gasteiger partial charge in [0.05, 0.1) is 0 Å². The van der Waals surface area contributed by atoms with Gasteiger partial charge in [0, 0.05) is 0 Å². The van der Waals surface area contributed by atoms with Crippen LogP contribution in [0.15, 0.2) is 0 Å². The van der Waals surface area contributed by atoms with E-state index in [0.717, 1.165) is 0 Å². The molecule has 0 aliphatic heterocycles. The van der Waals surface area contributed by atoms with Gasteiger partial charge in [-0.15, -0.1) is 0 Å². The maximum atomic E-state index is 11.5. The van der Waals surface area contributed by atoms with Gasteiger partial charge in [-0.3, -0.25) is 4.55 Å². The van der Waals surface area contributed by atoms with Gasteiger partial charge in [0.1, 0.15) is 0 Å². The molecule has 1 unspecified atom stereocenters. The zero-order chi connectivity index (χ0) is 8.58. The van der Waals surface area contributed by atoms with Gasteiger partial charge in [-0.05, 0) is 0 Å². The molecule has 0 aromatic rings. The first-order valence-corrected chi connectivity index (χ1v) is 3.33. The average molecular weight is 190 g/mol. The number of hydrogen-bond acceptors (Lipinski definition) is 2. The van der Waals surface area contributed by atoms with Gasteiger partial charge in [0.2, 0.25) is 0 Å². The minimum atomic E-state index is -5.65. The maximum Gasteiger partial charge on any atom is 1.00 e. The maximum absolute atomic E-state index is 11.5. The first kappa shape index (κ1) is 13.8. The topological polar surface area (TPSA) is 54.4 Å². The molecule has 0 saturated carbocycles. The van der Waals surface area contributed by atoms with E-state index in [1.165, 1.54) is 0 Å². The Morgan fingerprint density at radius 3 is 1.64 bits per heavy atom. The molecule has 0 spiro atoms. The number of alkyl halides is 4. The molecule has 0 radical (unpaired) electrons. The second-order valence-corrected chi connectivity index (χ2v) is 2.82. The largest absolute Gasteiger partial charge is 1.00 e. The molecule has 0 aromatic heterocycles. The minimum Gasteiger partial charge on any atom is -1.00 e. The van der Waals surface area contributed by atoms with E-state index in [9.17, 15) is 26.0 Å². The van der Waals surface area contributed by atoms with Crippen LogP contribution >= 0.6 is 0 Å². The van der Waals surface area contributed by atoms with Crippen LogP contribution in [0, 0.1) is 0 Å². The van der Waals surface area contributed by atoms with E-state index in [2.05, 4.69) is 0 Å². The predicted octanol–water partition coefficient (Wildman–Crippen LogP) is -2.15. The molecule has 0 aromatic carbocycles. The Hall–Kier alpha value is 0.227. The Balaban J connectivity index is -0.000000405. The van der Waals surface area contributed by atoms with Crippen LogP contribution in [0.5, 0.6) is 0 Å². The van der Waals surface area contributed by atoms with Crippen LogP contribution in [0.3, 0.4) is 0 Å². The van der Waals surface area contributed by atoms with E-state index in [-0.39, 0.29) is 20.3 Å². The summed E-state index contributed by atoms with van der Waals surface area (Å²) >= 11 is 0. The van der Waals surface area contributed by atoms with E-state index in [1.807, 2.05) is 0 Å². The summed E-state index contributed by atoms with van der Waals surface area (Å²) < 4.78 is 70.9. The predicted molar refractivity (Wildman–Crippen MR) is 23.6 cm³/mol. The van der Waals surface area contributed by atoms with Crippen LogP contribution in [0.4, 0.5) is 17.6 Å². The normalized spacial score (nSPS) is 15.4. The van der Waals surface area contributed by atoms with Crippen molar-refractivity contribution in [2.24, 2.45) is 0 Å². The molecular weight excluding hydrogens is 187 g/mol. The van der Waals surface area contributed by atoms with Crippen LogP contribution in [0.2, 0.25) is 0 Å². The van der Waals surface area contributed by atoms with Crippen molar-refractivity contribution < 1.29 is 50.8 Å². The summed E-state index contributed by atoms with van der Waals surface area (Å²) in [5, 5.41) is 0. The van der Waals surface area contributed by atoms with E-state index in [4.69, 9.17) is 4.55 Å². The van der Waals surface area contributed by atoms with E-state index < -0.39 is 21.8 Å².